The van der Waals surface area contributed by atoms with E-state index in [1.54, 1.807) is 14.2 Å². The molecule has 0 radical (unpaired) electrons. The highest BCUT2D eigenvalue weighted by atomic mass is 16.5. The van der Waals surface area contributed by atoms with E-state index in [9.17, 15) is 0 Å². The monoisotopic (exact) mass is 362 g/mol. The Kier molecular flexibility index (Phi) is 8.71. The van der Waals surface area contributed by atoms with Crippen molar-refractivity contribution in [3.05, 3.63) is 29.3 Å². The number of rotatable bonds is 9. The smallest absolute Gasteiger partial charge is 0.191 e. The van der Waals surface area contributed by atoms with Crippen LogP contribution >= 0.6 is 0 Å². The van der Waals surface area contributed by atoms with E-state index in [1.807, 2.05) is 13.1 Å². The summed E-state index contributed by atoms with van der Waals surface area (Å²) in [6.07, 6.45) is 3.39. The Bertz CT molecular complexity index is 577. The molecule has 6 nitrogen and oxygen atoms in total. The number of aryl methyl sites for hydroxylation is 1. The van der Waals surface area contributed by atoms with Crippen molar-refractivity contribution in [2.75, 3.05) is 54.1 Å². The van der Waals surface area contributed by atoms with E-state index in [4.69, 9.17) is 9.47 Å². The van der Waals surface area contributed by atoms with E-state index in [0.29, 0.717) is 6.04 Å². The molecule has 26 heavy (non-hydrogen) atoms. The molecule has 2 N–H and O–H groups in total. The second-order valence-electron chi connectivity index (χ2n) is 6.77. The predicted octanol–water partition coefficient (Wildman–Crippen LogP) is 1.82. The molecule has 0 aromatic heterocycles. The lowest BCUT2D eigenvalue weighted by Gasteiger charge is -2.25. The second kappa shape index (κ2) is 11.0. The van der Waals surface area contributed by atoms with Crippen LogP contribution in [-0.2, 0) is 11.2 Å². The maximum Gasteiger partial charge on any atom is 0.191 e. The fourth-order valence-electron chi connectivity index (χ4n) is 3.48. The molecule has 2 rings (SSSR count). The zero-order chi connectivity index (χ0) is 18.8. The van der Waals surface area contributed by atoms with Crippen molar-refractivity contribution >= 4 is 5.96 Å². The van der Waals surface area contributed by atoms with Crippen LogP contribution < -0.4 is 15.4 Å². The molecule has 1 fully saturated rings. The SMILES string of the molecule is CN=C(NCCc1cc(C)ccc1OC)NCC1CCCN1CCOC. The van der Waals surface area contributed by atoms with Crippen LogP contribution in [0.3, 0.4) is 0 Å². The summed E-state index contributed by atoms with van der Waals surface area (Å²) in [7, 11) is 5.30. The number of benzene rings is 1. The van der Waals surface area contributed by atoms with Gasteiger partial charge in [0, 0.05) is 39.8 Å². The normalized spacial score (nSPS) is 18.2. The molecule has 1 atom stereocenters. The van der Waals surface area contributed by atoms with Crippen LogP contribution in [0.15, 0.2) is 23.2 Å². The molecule has 6 heteroatoms. The van der Waals surface area contributed by atoms with Gasteiger partial charge in [0.05, 0.1) is 13.7 Å². The number of nitrogens with zero attached hydrogens (tertiary/aromatic N) is 2. The molecule has 1 aromatic rings. The lowest BCUT2D eigenvalue weighted by molar-refractivity contribution is 0.141. The quantitative estimate of drug-likeness (QED) is 0.518. The number of methoxy groups -OCH3 is 2. The molecule has 0 bridgehead atoms. The number of nitrogens with one attached hydrogen (secondary N) is 2. The Hall–Kier alpha value is -1.79. The second-order valence-corrected chi connectivity index (χ2v) is 6.77. The van der Waals surface area contributed by atoms with Crippen molar-refractivity contribution in [1.29, 1.82) is 0 Å². The van der Waals surface area contributed by atoms with Crippen molar-refractivity contribution in [1.82, 2.24) is 15.5 Å². The van der Waals surface area contributed by atoms with Gasteiger partial charge in [0.1, 0.15) is 5.75 Å². The molecule has 0 amide bonds. The molecule has 0 aliphatic carbocycles. The lowest BCUT2D eigenvalue weighted by Crippen LogP contribution is -2.45. The van der Waals surface area contributed by atoms with Crippen LogP contribution in [-0.4, -0.2) is 71.0 Å². The van der Waals surface area contributed by atoms with E-state index in [0.717, 1.165) is 50.9 Å². The number of aliphatic imine (C=N–C) groups is 1. The highest BCUT2D eigenvalue weighted by molar-refractivity contribution is 5.79. The summed E-state index contributed by atoms with van der Waals surface area (Å²) in [6.45, 7) is 6.79. The molecular weight excluding hydrogens is 328 g/mol. The number of guanidine groups is 1. The van der Waals surface area contributed by atoms with Crippen molar-refractivity contribution in [2.45, 2.75) is 32.2 Å². The molecule has 1 unspecified atom stereocenters. The van der Waals surface area contributed by atoms with Gasteiger partial charge in [0.2, 0.25) is 0 Å². The summed E-state index contributed by atoms with van der Waals surface area (Å²) in [5.74, 6) is 1.80. The molecule has 1 aliphatic heterocycles. The van der Waals surface area contributed by atoms with Crippen LogP contribution in [0.25, 0.3) is 0 Å². The minimum atomic E-state index is 0.556. The van der Waals surface area contributed by atoms with Crippen LogP contribution in [0.4, 0.5) is 0 Å². The third kappa shape index (κ3) is 6.18. The van der Waals surface area contributed by atoms with Crippen molar-refractivity contribution in [3.8, 4) is 5.75 Å². The molecule has 1 heterocycles. The summed E-state index contributed by atoms with van der Waals surface area (Å²) in [5, 5.41) is 6.88. The molecule has 146 valence electrons. The van der Waals surface area contributed by atoms with Crippen molar-refractivity contribution < 1.29 is 9.47 Å². The van der Waals surface area contributed by atoms with Gasteiger partial charge in [0.15, 0.2) is 5.96 Å². The third-order valence-electron chi connectivity index (χ3n) is 4.93. The summed E-state index contributed by atoms with van der Waals surface area (Å²) in [5.41, 5.74) is 2.47. The number of ether oxygens (including phenoxy) is 2. The van der Waals surface area contributed by atoms with Gasteiger partial charge in [-0.25, -0.2) is 0 Å². The van der Waals surface area contributed by atoms with Gasteiger partial charge in [-0.1, -0.05) is 17.7 Å². The molecule has 0 saturated carbocycles. The van der Waals surface area contributed by atoms with E-state index < -0.39 is 0 Å². The largest absolute Gasteiger partial charge is 0.496 e. The van der Waals surface area contributed by atoms with Gasteiger partial charge in [-0.05, 0) is 44.4 Å². The van der Waals surface area contributed by atoms with Gasteiger partial charge in [-0.3, -0.25) is 9.89 Å². The van der Waals surface area contributed by atoms with Gasteiger partial charge in [0.25, 0.3) is 0 Å². The Morgan fingerprint density at radius 3 is 2.88 bits per heavy atom. The lowest BCUT2D eigenvalue weighted by atomic mass is 10.1. The van der Waals surface area contributed by atoms with Gasteiger partial charge >= 0.3 is 0 Å². The number of likely N-dealkylation sites (tertiary alicyclic amines) is 1. The topological polar surface area (TPSA) is 58.1 Å². The fraction of sp³-hybridized carbons (Fsp3) is 0.650. The first-order valence-corrected chi connectivity index (χ1v) is 9.49. The third-order valence-corrected chi connectivity index (χ3v) is 4.93. The Morgan fingerprint density at radius 2 is 2.15 bits per heavy atom. The van der Waals surface area contributed by atoms with E-state index in [2.05, 4.69) is 39.6 Å². The van der Waals surface area contributed by atoms with E-state index in [1.165, 1.54) is 24.0 Å². The summed E-state index contributed by atoms with van der Waals surface area (Å²) < 4.78 is 10.7. The van der Waals surface area contributed by atoms with Gasteiger partial charge in [-0.15, -0.1) is 0 Å². The van der Waals surface area contributed by atoms with Gasteiger partial charge < -0.3 is 20.1 Å². The number of hydrogen-bond donors (Lipinski definition) is 2. The first kappa shape index (κ1) is 20.5. The average Bonchev–Trinajstić information content (AvgIpc) is 3.10. The zero-order valence-corrected chi connectivity index (χ0v) is 16.7. The Balaban J connectivity index is 1.77. The molecule has 1 aliphatic rings. The first-order chi connectivity index (χ1) is 12.7. The first-order valence-electron chi connectivity index (χ1n) is 9.49. The van der Waals surface area contributed by atoms with Crippen molar-refractivity contribution in [3.63, 3.8) is 0 Å². The minimum Gasteiger partial charge on any atom is -0.496 e. The van der Waals surface area contributed by atoms with Crippen LogP contribution in [0, 0.1) is 6.92 Å². The predicted molar refractivity (Wildman–Crippen MR) is 107 cm³/mol. The van der Waals surface area contributed by atoms with Crippen LogP contribution in [0.2, 0.25) is 0 Å². The van der Waals surface area contributed by atoms with Crippen LogP contribution in [0.5, 0.6) is 5.75 Å². The molecule has 1 saturated heterocycles. The van der Waals surface area contributed by atoms with Gasteiger partial charge in [-0.2, -0.15) is 0 Å². The Labute approximate surface area is 158 Å². The van der Waals surface area contributed by atoms with Crippen molar-refractivity contribution in [2.24, 2.45) is 4.99 Å². The Morgan fingerprint density at radius 1 is 1.31 bits per heavy atom. The molecular formula is C20H34N4O2. The number of hydrogen-bond acceptors (Lipinski definition) is 4. The summed E-state index contributed by atoms with van der Waals surface area (Å²) in [4.78, 5) is 6.85. The van der Waals surface area contributed by atoms with Crippen LogP contribution in [0.1, 0.15) is 24.0 Å². The fourth-order valence-corrected chi connectivity index (χ4v) is 3.48. The highest BCUT2D eigenvalue weighted by Crippen LogP contribution is 2.19. The maximum atomic E-state index is 5.45. The van der Waals surface area contributed by atoms with E-state index >= 15 is 0 Å². The summed E-state index contributed by atoms with van der Waals surface area (Å²) in [6, 6.07) is 6.85. The minimum absolute atomic E-state index is 0.556. The van der Waals surface area contributed by atoms with E-state index in [-0.39, 0.29) is 0 Å². The summed E-state index contributed by atoms with van der Waals surface area (Å²) >= 11 is 0. The average molecular weight is 363 g/mol. The molecule has 1 aromatic carbocycles. The maximum absolute atomic E-state index is 5.45. The zero-order valence-electron chi connectivity index (χ0n) is 16.7. The molecule has 0 spiro atoms. The highest BCUT2D eigenvalue weighted by Gasteiger charge is 2.23. The standard InChI is InChI=1S/C20H34N4O2/c1-16-7-8-19(26-4)17(14-16)9-10-22-20(21-2)23-15-18-6-5-11-24(18)12-13-25-3/h7-8,14,18H,5-6,9-13,15H2,1-4H3,(H2,21,22,23).